The number of amides is 1. The van der Waals surface area contributed by atoms with E-state index in [0.717, 1.165) is 29.3 Å². The van der Waals surface area contributed by atoms with Crippen LogP contribution in [0.15, 0.2) is 22.8 Å². The molecule has 1 fully saturated rings. The van der Waals surface area contributed by atoms with Crippen molar-refractivity contribution >= 4 is 17.2 Å². The van der Waals surface area contributed by atoms with Crippen LogP contribution in [0, 0.1) is 6.92 Å². The Morgan fingerprint density at radius 2 is 2.43 bits per heavy atom. The molecule has 2 aromatic heterocycles. The number of rotatable bonds is 4. The number of ether oxygens (including phenoxy) is 1. The van der Waals surface area contributed by atoms with Crippen LogP contribution in [0.5, 0.6) is 0 Å². The SMILES string of the molecule is Cc1sc(-c2ccco2)nc1C(=O)N[C@@H](C)[C@@H]1CCCO1. The monoisotopic (exact) mass is 306 g/mol. The van der Waals surface area contributed by atoms with Gasteiger partial charge in [0, 0.05) is 11.5 Å². The highest BCUT2D eigenvalue weighted by Crippen LogP contribution is 2.28. The average molecular weight is 306 g/mol. The van der Waals surface area contributed by atoms with Crippen LogP contribution in [-0.4, -0.2) is 29.6 Å². The molecule has 0 aliphatic carbocycles. The largest absolute Gasteiger partial charge is 0.462 e. The van der Waals surface area contributed by atoms with E-state index in [9.17, 15) is 4.79 Å². The van der Waals surface area contributed by atoms with Crippen LogP contribution in [0.1, 0.15) is 35.1 Å². The maximum absolute atomic E-state index is 12.4. The molecule has 21 heavy (non-hydrogen) atoms. The maximum atomic E-state index is 12.4. The molecular weight excluding hydrogens is 288 g/mol. The predicted octanol–water partition coefficient (Wildman–Crippen LogP) is 3.01. The number of nitrogens with one attached hydrogen (secondary N) is 1. The van der Waals surface area contributed by atoms with Crippen LogP contribution in [-0.2, 0) is 4.74 Å². The van der Waals surface area contributed by atoms with E-state index in [1.807, 2.05) is 26.0 Å². The molecule has 2 atom stereocenters. The Hall–Kier alpha value is -1.66. The Kier molecular flexibility index (Phi) is 4.07. The first-order chi connectivity index (χ1) is 10.1. The number of nitrogens with zero attached hydrogens (tertiary/aromatic N) is 1. The van der Waals surface area contributed by atoms with Gasteiger partial charge in [-0.1, -0.05) is 0 Å². The quantitative estimate of drug-likeness (QED) is 0.943. The second-order valence-corrected chi connectivity index (χ2v) is 6.42. The van der Waals surface area contributed by atoms with Crippen LogP contribution in [0.3, 0.4) is 0 Å². The summed E-state index contributed by atoms with van der Waals surface area (Å²) in [5.41, 5.74) is 0.469. The highest BCUT2D eigenvalue weighted by Gasteiger charge is 2.25. The number of hydrogen-bond donors (Lipinski definition) is 1. The van der Waals surface area contributed by atoms with Gasteiger partial charge in [0.05, 0.1) is 18.4 Å². The van der Waals surface area contributed by atoms with Gasteiger partial charge in [0.1, 0.15) is 5.69 Å². The van der Waals surface area contributed by atoms with Gasteiger partial charge in [-0.25, -0.2) is 4.98 Å². The molecule has 0 unspecified atom stereocenters. The molecule has 1 aliphatic rings. The zero-order valence-electron chi connectivity index (χ0n) is 12.1. The molecule has 1 saturated heterocycles. The summed E-state index contributed by atoms with van der Waals surface area (Å²) < 4.78 is 10.9. The van der Waals surface area contributed by atoms with E-state index in [-0.39, 0.29) is 18.1 Å². The number of furan rings is 1. The summed E-state index contributed by atoms with van der Waals surface area (Å²) in [7, 11) is 0. The fourth-order valence-corrected chi connectivity index (χ4v) is 3.36. The molecule has 0 saturated carbocycles. The smallest absolute Gasteiger partial charge is 0.271 e. The molecule has 3 heterocycles. The topological polar surface area (TPSA) is 64.4 Å². The summed E-state index contributed by atoms with van der Waals surface area (Å²) in [6.45, 7) is 4.65. The van der Waals surface area contributed by atoms with E-state index in [2.05, 4.69) is 10.3 Å². The standard InChI is InChI=1S/C15H18N2O3S/c1-9(11-5-3-7-19-11)16-14(18)13-10(2)21-15(17-13)12-6-4-8-20-12/h4,6,8-9,11H,3,5,7H2,1-2H3,(H,16,18)/t9-,11-/m0/s1. The highest BCUT2D eigenvalue weighted by molar-refractivity contribution is 7.15. The molecule has 1 aliphatic heterocycles. The van der Waals surface area contributed by atoms with E-state index < -0.39 is 0 Å². The summed E-state index contributed by atoms with van der Waals surface area (Å²) in [5, 5.41) is 3.72. The fraction of sp³-hybridized carbons (Fsp3) is 0.467. The first-order valence-electron chi connectivity index (χ1n) is 7.09. The van der Waals surface area contributed by atoms with Gasteiger partial charge in [0.25, 0.3) is 5.91 Å². The van der Waals surface area contributed by atoms with Crippen molar-refractivity contribution in [2.24, 2.45) is 0 Å². The van der Waals surface area contributed by atoms with Crippen molar-refractivity contribution in [1.29, 1.82) is 0 Å². The molecule has 3 rings (SSSR count). The van der Waals surface area contributed by atoms with Gasteiger partial charge >= 0.3 is 0 Å². The van der Waals surface area contributed by atoms with Crippen molar-refractivity contribution < 1.29 is 13.9 Å². The minimum Gasteiger partial charge on any atom is -0.462 e. The second kappa shape index (κ2) is 5.99. The number of carbonyl (C=O) groups is 1. The Morgan fingerprint density at radius 3 is 3.10 bits per heavy atom. The van der Waals surface area contributed by atoms with Crippen molar-refractivity contribution in [3.8, 4) is 10.8 Å². The van der Waals surface area contributed by atoms with Crippen molar-refractivity contribution in [3.05, 3.63) is 29.0 Å². The summed E-state index contributed by atoms with van der Waals surface area (Å²) in [5.74, 6) is 0.541. The molecule has 112 valence electrons. The normalized spacial score (nSPS) is 19.6. The van der Waals surface area contributed by atoms with Gasteiger partial charge in [0.15, 0.2) is 10.8 Å². The first kappa shape index (κ1) is 14.3. The molecule has 0 bridgehead atoms. The van der Waals surface area contributed by atoms with Gasteiger partial charge in [-0.2, -0.15) is 0 Å². The predicted molar refractivity (Wildman–Crippen MR) is 80.5 cm³/mol. The molecule has 0 aromatic carbocycles. The molecule has 0 radical (unpaired) electrons. The van der Waals surface area contributed by atoms with Crippen LogP contribution in [0.25, 0.3) is 10.8 Å². The van der Waals surface area contributed by atoms with E-state index in [4.69, 9.17) is 9.15 Å². The second-order valence-electron chi connectivity index (χ2n) is 5.21. The van der Waals surface area contributed by atoms with Crippen molar-refractivity contribution in [2.45, 2.75) is 38.8 Å². The Labute approximate surface area is 127 Å². The van der Waals surface area contributed by atoms with Crippen molar-refractivity contribution in [3.63, 3.8) is 0 Å². The molecule has 1 amide bonds. The van der Waals surface area contributed by atoms with Gasteiger partial charge in [0.2, 0.25) is 0 Å². The van der Waals surface area contributed by atoms with E-state index in [1.54, 1.807) is 6.26 Å². The summed E-state index contributed by atoms with van der Waals surface area (Å²) >= 11 is 1.46. The van der Waals surface area contributed by atoms with Crippen molar-refractivity contribution in [1.82, 2.24) is 10.3 Å². The number of aryl methyl sites for hydroxylation is 1. The Morgan fingerprint density at radius 1 is 1.57 bits per heavy atom. The number of thiazole rings is 1. The lowest BCUT2D eigenvalue weighted by atomic mass is 10.1. The van der Waals surface area contributed by atoms with Crippen LogP contribution in [0.2, 0.25) is 0 Å². The molecule has 0 spiro atoms. The molecular formula is C15H18N2O3S. The minimum atomic E-state index is -0.149. The van der Waals surface area contributed by atoms with E-state index in [0.29, 0.717) is 11.5 Å². The average Bonchev–Trinajstić information content (AvgIpc) is 3.20. The number of hydrogen-bond acceptors (Lipinski definition) is 5. The molecule has 1 N–H and O–H groups in total. The third-order valence-electron chi connectivity index (χ3n) is 3.62. The Bertz CT molecular complexity index is 615. The van der Waals surface area contributed by atoms with Gasteiger partial charge in [-0.15, -0.1) is 11.3 Å². The Balaban J connectivity index is 1.72. The van der Waals surface area contributed by atoms with E-state index in [1.165, 1.54) is 11.3 Å². The van der Waals surface area contributed by atoms with Gasteiger partial charge in [-0.3, -0.25) is 4.79 Å². The summed E-state index contributed by atoms with van der Waals surface area (Å²) in [6, 6.07) is 3.65. The lowest BCUT2D eigenvalue weighted by molar-refractivity contribution is 0.0709. The minimum absolute atomic E-state index is 0.00633. The number of carbonyl (C=O) groups excluding carboxylic acids is 1. The maximum Gasteiger partial charge on any atom is 0.271 e. The zero-order chi connectivity index (χ0) is 14.8. The molecule has 5 nitrogen and oxygen atoms in total. The third-order valence-corrected chi connectivity index (χ3v) is 4.61. The lowest BCUT2D eigenvalue weighted by Gasteiger charge is -2.19. The summed E-state index contributed by atoms with van der Waals surface area (Å²) in [6.07, 6.45) is 3.77. The highest BCUT2D eigenvalue weighted by atomic mass is 32.1. The number of aromatic nitrogens is 1. The third kappa shape index (κ3) is 3.01. The molecule has 6 heteroatoms. The molecule has 2 aromatic rings. The van der Waals surface area contributed by atoms with Crippen LogP contribution < -0.4 is 5.32 Å². The van der Waals surface area contributed by atoms with E-state index >= 15 is 0 Å². The summed E-state index contributed by atoms with van der Waals surface area (Å²) in [4.78, 5) is 17.7. The first-order valence-corrected chi connectivity index (χ1v) is 7.90. The lowest BCUT2D eigenvalue weighted by Crippen LogP contribution is -2.41. The van der Waals surface area contributed by atoms with Gasteiger partial charge in [-0.05, 0) is 38.8 Å². The fourth-order valence-electron chi connectivity index (χ4n) is 2.48. The van der Waals surface area contributed by atoms with Crippen LogP contribution >= 0.6 is 11.3 Å². The van der Waals surface area contributed by atoms with Crippen LogP contribution in [0.4, 0.5) is 0 Å². The van der Waals surface area contributed by atoms with Gasteiger partial charge < -0.3 is 14.5 Å². The van der Waals surface area contributed by atoms with Crippen molar-refractivity contribution in [2.75, 3.05) is 6.61 Å². The zero-order valence-corrected chi connectivity index (χ0v) is 12.9.